The first-order valence-corrected chi connectivity index (χ1v) is 12.7. The van der Waals surface area contributed by atoms with Crippen LogP contribution >= 0.6 is 0 Å². The molecule has 1 aliphatic heterocycles. The summed E-state index contributed by atoms with van der Waals surface area (Å²) in [7, 11) is 0. The quantitative estimate of drug-likeness (QED) is 0.297. The van der Waals surface area contributed by atoms with Crippen molar-refractivity contribution < 1.29 is 14.2 Å². The molecule has 0 aromatic heterocycles. The van der Waals surface area contributed by atoms with Crippen LogP contribution in [0.1, 0.15) is 73.6 Å². The molecule has 0 spiro atoms. The molecule has 0 atom stereocenters. The van der Waals surface area contributed by atoms with Gasteiger partial charge >= 0.3 is 0 Å². The average Bonchev–Trinajstić information content (AvgIpc) is 2.72. The van der Waals surface area contributed by atoms with E-state index in [0.29, 0.717) is 37.9 Å². The third-order valence-electron chi connectivity index (χ3n) is 6.34. The molecule has 0 aromatic rings. The number of hydrogen-bond acceptors (Lipinski definition) is 6. The summed E-state index contributed by atoms with van der Waals surface area (Å²) in [5, 5.41) is 7.30. The van der Waals surface area contributed by atoms with Crippen molar-refractivity contribution in [2.24, 2.45) is 5.41 Å². The van der Waals surface area contributed by atoms with Crippen molar-refractivity contribution in [3.8, 4) is 0 Å². The molecule has 1 fully saturated rings. The Balaban J connectivity index is 1.86. The van der Waals surface area contributed by atoms with Crippen molar-refractivity contribution >= 4 is 0 Å². The normalized spacial score (nSPS) is 16.8. The Morgan fingerprint density at radius 1 is 0.839 bits per heavy atom. The van der Waals surface area contributed by atoms with E-state index in [9.17, 15) is 0 Å². The Labute approximate surface area is 193 Å². The SMILES string of the molecule is CCCC(C)(C)NC1CCN(CCOCCOCCOCCNCC(C)(C)CC)CC1. The van der Waals surface area contributed by atoms with Gasteiger partial charge in [-0.25, -0.2) is 0 Å². The van der Waals surface area contributed by atoms with Crippen molar-refractivity contribution in [3.63, 3.8) is 0 Å². The molecule has 1 saturated heterocycles. The molecule has 6 nitrogen and oxygen atoms in total. The van der Waals surface area contributed by atoms with Gasteiger partial charge in [-0.1, -0.05) is 34.1 Å². The predicted octanol–water partition coefficient (Wildman–Crippen LogP) is 3.69. The molecule has 0 aliphatic carbocycles. The van der Waals surface area contributed by atoms with E-state index in [1.807, 2.05) is 0 Å². The van der Waals surface area contributed by atoms with Gasteiger partial charge in [0.05, 0.1) is 39.6 Å². The highest BCUT2D eigenvalue weighted by Gasteiger charge is 2.24. The first-order valence-electron chi connectivity index (χ1n) is 12.7. The fourth-order valence-electron chi connectivity index (χ4n) is 3.98. The van der Waals surface area contributed by atoms with Crippen LogP contribution in [0.4, 0.5) is 0 Å². The lowest BCUT2D eigenvalue weighted by molar-refractivity contribution is 0.00949. The fraction of sp³-hybridized carbons (Fsp3) is 1.00. The third kappa shape index (κ3) is 15.3. The zero-order chi connectivity index (χ0) is 23.0. The monoisotopic (exact) mass is 443 g/mol. The number of nitrogens with zero attached hydrogens (tertiary/aromatic N) is 1. The Hall–Kier alpha value is -0.240. The summed E-state index contributed by atoms with van der Waals surface area (Å²) in [6.07, 6.45) is 6.14. The van der Waals surface area contributed by atoms with E-state index in [0.717, 1.165) is 32.8 Å². The highest BCUT2D eigenvalue weighted by Crippen LogP contribution is 2.18. The van der Waals surface area contributed by atoms with Crippen LogP contribution in [0.2, 0.25) is 0 Å². The van der Waals surface area contributed by atoms with Crippen molar-refractivity contribution in [2.75, 3.05) is 72.4 Å². The lowest BCUT2D eigenvalue weighted by Gasteiger charge is -2.37. The van der Waals surface area contributed by atoms with Crippen LogP contribution in [0, 0.1) is 5.41 Å². The Bertz CT molecular complexity index is 424. The molecule has 6 heteroatoms. The highest BCUT2D eigenvalue weighted by atomic mass is 16.5. The molecular weight excluding hydrogens is 390 g/mol. The van der Waals surface area contributed by atoms with Crippen LogP contribution in [-0.2, 0) is 14.2 Å². The van der Waals surface area contributed by atoms with Crippen molar-refractivity contribution in [1.29, 1.82) is 0 Å². The van der Waals surface area contributed by atoms with Gasteiger partial charge in [0.1, 0.15) is 0 Å². The van der Waals surface area contributed by atoms with Crippen LogP contribution in [0.5, 0.6) is 0 Å². The number of piperidine rings is 1. The maximum Gasteiger partial charge on any atom is 0.0701 e. The molecule has 1 rings (SSSR count). The second kappa shape index (κ2) is 16.4. The summed E-state index contributed by atoms with van der Waals surface area (Å²) in [6, 6.07) is 0.660. The van der Waals surface area contributed by atoms with Gasteiger partial charge in [0, 0.05) is 31.2 Å². The summed E-state index contributed by atoms with van der Waals surface area (Å²) in [5.41, 5.74) is 0.626. The summed E-state index contributed by atoms with van der Waals surface area (Å²) < 4.78 is 16.9. The standard InChI is InChI=1S/C25H53N3O3/c1-7-11-25(5,6)27-23-9-13-28(14-10-23)15-17-30-19-21-31-20-18-29-16-12-26-22-24(3,4)8-2/h23,26-27H,7-22H2,1-6H3. The van der Waals surface area contributed by atoms with Crippen molar-refractivity contribution in [3.05, 3.63) is 0 Å². The first kappa shape index (κ1) is 28.8. The van der Waals surface area contributed by atoms with Gasteiger partial charge in [-0.05, 0) is 58.0 Å². The summed E-state index contributed by atoms with van der Waals surface area (Å²) in [4.78, 5) is 2.52. The van der Waals surface area contributed by atoms with Gasteiger partial charge in [0.15, 0.2) is 0 Å². The van der Waals surface area contributed by atoms with Crippen LogP contribution in [0.25, 0.3) is 0 Å². The molecule has 1 heterocycles. The van der Waals surface area contributed by atoms with Gasteiger partial charge in [-0.15, -0.1) is 0 Å². The fourth-order valence-corrected chi connectivity index (χ4v) is 3.98. The molecular formula is C25H53N3O3. The predicted molar refractivity (Wildman–Crippen MR) is 131 cm³/mol. The van der Waals surface area contributed by atoms with E-state index in [2.05, 4.69) is 57.1 Å². The van der Waals surface area contributed by atoms with Crippen LogP contribution < -0.4 is 10.6 Å². The van der Waals surface area contributed by atoms with Crippen LogP contribution in [0.15, 0.2) is 0 Å². The van der Waals surface area contributed by atoms with Crippen LogP contribution in [0.3, 0.4) is 0 Å². The minimum absolute atomic E-state index is 0.262. The van der Waals surface area contributed by atoms with Gasteiger partial charge in [-0.3, -0.25) is 0 Å². The molecule has 2 N–H and O–H groups in total. The zero-order valence-corrected chi connectivity index (χ0v) is 21.6. The van der Waals surface area contributed by atoms with Gasteiger partial charge in [0.2, 0.25) is 0 Å². The third-order valence-corrected chi connectivity index (χ3v) is 6.34. The minimum Gasteiger partial charge on any atom is -0.378 e. The lowest BCUT2D eigenvalue weighted by atomic mass is 9.90. The second-order valence-corrected chi connectivity index (χ2v) is 10.4. The van der Waals surface area contributed by atoms with Crippen molar-refractivity contribution in [1.82, 2.24) is 15.5 Å². The number of ether oxygens (including phenoxy) is 3. The molecule has 0 amide bonds. The molecule has 1 aliphatic rings. The number of rotatable bonds is 19. The van der Waals surface area contributed by atoms with Gasteiger partial charge in [-0.2, -0.15) is 0 Å². The van der Waals surface area contributed by atoms with E-state index in [1.165, 1.54) is 45.2 Å². The van der Waals surface area contributed by atoms with E-state index in [4.69, 9.17) is 14.2 Å². The highest BCUT2D eigenvalue weighted by molar-refractivity contribution is 4.85. The zero-order valence-electron chi connectivity index (χ0n) is 21.6. The van der Waals surface area contributed by atoms with E-state index >= 15 is 0 Å². The average molecular weight is 444 g/mol. The molecule has 186 valence electrons. The Morgan fingerprint density at radius 2 is 1.42 bits per heavy atom. The molecule has 31 heavy (non-hydrogen) atoms. The number of nitrogens with one attached hydrogen (secondary N) is 2. The van der Waals surface area contributed by atoms with E-state index in [1.54, 1.807) is 0 Å². The lowest BCUT2D eigenvalue weighted by Crippen LogP contribution is -2.51. The Morgan fingerprint density at radius 3 is 2.00 bits per heavy atom. The maximum absolute atomic E-state index is 5.74. The molecule has 0 unspecified atom stereocenters. The number of hydrogen-bond donors (Lipinski definition) is 2. The van der Waals surface area contributed by atoms with Crippen LogP contribution in [-0.4, -0.2) is 88.8 Å². The molecule has 0 saturated carbocycles. The number of likely N-dealkylation sites (tertiary alicyclic amines) is 1. The summed E-state index contributed by atoms with van der Waals surface area (Å²) >= 11 is 0. The maximum atomic E-state index is 5.74. The Kier molecular flexibility index (Phi) is 15.2. The largest absolute Gasteiger partial charge is 0.378 e. The van der Waals surface area contributed by atoms with Gasteiger partial charge < -0.3 is 29.7 Å². The van der Waals surface area contributed by atoms with Gasteiger partial charge in [0.25, 0.3) is 0 Å². The first-order chi connectivity index (χ1) is 14.8. The second-order valence-electron chi connectivity index (χ2n) is 10.4. The topological polar surface area (TPSA) is 55.0 Å². The summed E-state index contributed by atoms with van der Waals surface area (Å²) in [6.45, 7) is 23.1. The smallest absolute Gasteiger partial charge is 0.0701 e. The molecule has 0 bridgehead atoms. The van der Waals surface area contributed by atoms with Crippen molar-refractivity contribution in [2.45, 2.75) is 85.2 Å². The molecule has 0 radical (unpaired) electrons. The van der Waals surface area contributed by atoms with E-state index < -0.39 is 0 Å². The molecule has 0 aromatic carbocycles. The minimum atomic E-state index is 0.262. The van der Waals surface area contributed by atoms with E-state index in [-0.39, 0.29) is 5.54 Å². The summed E-state index contributed by atoms with van der Waals surface area (Å²) in [5.74, 6) is 0.